The number of aliphatic hydroxyl groups is 1. The van der Waals surface area contributed by atoms with E-state index in [2.05, 4.69) is 5.32 Å². The summed E-state index contributed by atoms with van der Waals surface area (Å²) < 4.78 is 5.12. The first kappa shape index (κ1) is 13.7. The maximum absolute atomic E-state index is 11.4. The summed E-state index contributed by atoms with van der Waals surface area (Å²) in [6.07, 6.45) is 0.530. The number of rotatable bonds is 8. The van der Waals surface area contributed by atoms with Gasteiger partial charge in [-0.1, -0.05) is 6.92 Å². The average Bonchev–Trinajstić information content (AvgIpc) is 2.38. The fourth-order valence-corrected chi connectivity index (χ4v) is 1.41. The summed E-state index contributed by atoms with van der Waals surface area (Å²) in [6.45, 7) is 3.50. The number of hydrogen-bond acceptors (Lipinski definition) is 4. The highest BCUT2D eigenvalue weighted by Gasteiger charge is 2.01. The predicted molar refractivity (Wildman–Crippen MR) is 67.5 cm³/mol. The van der Waals surface area contributed by atoms with Gasteiger partial charge in [-0.05, 0) is 24.3 Å². The second kappa shape index (κ2) is 7.81. The van der Waals surface area contributed by atoms with Crippen LogP contribution in [0.1, 0.15) is 23.7 Å². The van der Waals surface area contributed by atoms with Crippen LogP contribution in [0, 0.1) is 0 Å². The molecule has 0 spiro atoms. The molecule has 0 aliphatic heterocycles. The summed E-state index contributed by atoms with van der Waals surface area (Å²) in [6, 6.07) is 7.41. The molecule has 1 aromatic carbocycles. The standard InChI is InChI=1S/C13H19NO3/c1-2-13(16)11-3-5-12(6-4-11)14-7-9-17-10-8-15/h3-6,14-15H,2,7-10H2,1H3. The van der Waals surface area contributed by atoms with Gasteiger partial charge in [0.05, 0.1) is 19.8 Å². The molecule has 0 amide bonds. The summed E-state index contributed by atoms with van der Waals surface area (Å²) in [7, 11) is 0. The molecule has 1 aromatic rings. The van der Waals surface area contributed by atoms with Gasteiger partial charge in [0.1, 0.15) is 0 Å². The van der Waals surface area contributed by atoms with Crippen molar-refractivity contribution in [3.63, 3.8) is 0 Å². The largest absolute Gasteiger partial charge is 0.394 e. The van der Waals surface area contributed by atoms with Crippen molar-refractivity contribution in [3.05, 3.63) is 29.8 Å². The van der Waals surface area contributed by atoms with Gasteiger partial charge >= 0.3 is 0 Å². The van der Waals surface area contributed by atoms with Crippen molar-refractivity contribution < 1.29 is 14.6 Å². The number of carbonyl (C=O) groups excluding carboxylic acids is 1. The van der Waals surface area contributed by atoms with Crippen LogP contribution in [-0.4, -0.2) is 37.3 Å². The molecule has 0 radical (unpaired) electrons. The minimum absolute atomic E-state index is 0.0494. The zero-order chi connectivity index (χ0) is 12.5. The summed E-state index contributed by atoms with van der Waals surface area (Å²) in [4.78, 5) is 11.4. The summed E-state index contributed by atoms with van der Waals surface area (Å²) in [5.74, 6) is 0.155. The third-order valence-electron chi connectivity index (χ3n) is 2.34. The summed E-state index contributed by atoms with van der Waals surface area (Å²) >= 11 is 0. The fraction of sp³-hybridized carbons (Fsp3) is 0.462. The van der Waals surface area contributed by atoms with Crippen LogP contribution in [0.3, 0.4) is 0 Å². The van der Waals surface area contributed by atoms with E-state index in [0.29, 0.717) is 26.2 Å². The summed E-state index contributed by atoms with van der Waals surface area (Å²) in [5, 5.41) is 11.7. The Hall–Kier alpha value is -1.39. The second-order valence-electron chi connectivity index (χ2n) is 3.62. The number of ketones is 1. The van der Waals surface area contributed by atoms with E-state index >= 15 is 0 Å². The quantitative estimate of drug-likeness (QED) is 0.533. The Morgan fingerprint density at radius 1 is 1.29 bits per heavy atom. The molecule has 2 N–H and O–H groups in total. The zero-order valence-electron chi connectivity index (χ0n) is 10.1. The van der Waals surface area contributed by atoms with E-state index < -0.39 is 0 Å². The number of hydrogen-bond donors (Lipinski definition) is 2. The lowest BCUT2D eigenvalue weighted by Crippen LogP contribution is -2.11. The molecule has 0 aliphatic carbocycles. The van der Waals surface area contributed by atoms with Crippen LogP contribution in [0.15, 0.2) is 24.3 Å². The van der Waals surface area contributed by atoms with E-state index in [1.807, 2.05) is 31.2 Å². The van der Waals surface area contributed by atoms with Gasteiger partial charge in [0, 0.05) is 24.2 Å². The van der Waals surface area contributed by atoms with Crippen molar-refractivity contribution in [1.82, 2.24) is 0 Å². The lowest BCUT2D eigenvalue weighted by atomic mass is 10.1. The zero-order valence-corrected chi connectivity index (χ0v) is 10.1. The van der Waals surface area contributed by atoms with Crippen molar-refractivity contribution in [1.29, 1.82) is 0 Å². The van der Waals surface area contributed by atoms with E-state index in [0.717, 1.165) is 11.3 Å². The molecule has 4 heteroatoms. The van der Waals surface area contributed by atoms with E-state index in [1.165, 1.54) is 0 Å². The smallest absolute Gasteiger partial charge is 0.162 e. The van der Waals surface area contributed by atoms with Crippen molar-refractivity contribution in [2.24, 2.45) is 0 Å². The molecule has 17 heavy (non-hydrogen) atoms. The van der Waals surface area contributed by atoms with Crippen LogP contribution < -0.4 is 5.32 Å². The molecule has 0 fully saturated rings. The van der Waals surface area contributed by atoms with Crippen LogP contribution in [0.25, 0.3) is 0 Å². The Labute approximate surface area is 102 Å². The van der Waals surface area contributed by atoms with Gasteiger partial charge < -0.3 is 15.2 Å². The van der Waals surface area contributed by atoms with E-state index in [4.69, 9.17) is 9.84 Å². The maximum Gasteiger partial charge on any atom is 0.162 e. The van der Waals surface area contributed by atoms with E-state index in [-0.39, 0.29) is 12.4 Å². The number of anilines is 1. The van der Waals surface area contributed by atoms with Gasteiger partial charge in [-0.3, -0.25) is 4.79 Å². The Bertz CT molecular complexity index is 335. The molecular formula is C13H19NO3. The molecule has 0 atom stereocenters. The lowest BCUT2D eigenvalue weighted by molar-refractivity contribution is 0.0988. The van der Waals surface area contributed by atoms with Gasteiger partial charge in [0.2, 0.25) is 0 Å². The van der Waals surface area contributed by atoms with Gasteiger partial charge in [0.25, 0.3) is 0 Å². The Morgan fingerprint density at radius 2 is 2.00 bits per heavy atom. The van der Waals surface area contributed by atoms with Crippen molar-refractivity contribution in [2.45, 2.75) is 13.3 Å². The SMILES string of the molecule is CCC(=O)c1ccc(NCCOCCO)cc1. The van der Waals surface area contributed by atoms with Gasteiger partial charge in [0.15, 0.2) is 5.78 Å². The van der Waals surface area contributed by atoms with Crippen LogP contribution in [0.4, 0.5) is 5.69 Å². The molecule has 0 heterocycles. The number of aliphatic hydroxyl groups excluding tert-OH is 1. The van der Waals surface area contributed by atoms with Crippen LogP contribution in [0.2, 0.25) is 0 Å². The van der Waals surface area contributed by atoms with Gasteiger partial charge in [-0.25, -0.2) is 0 Å². The summed E-state index contributed by atoms with van der Waals surface area (Å²) in [5.41, 5.74) is 1.71. The molecule has 0 aliphatic rings. The Balaban J connectivity index is 2.33. The number of benzene rings is 1. The first-order valence-electron chi connectivity index (χ1n) is 5.83. The Kier molecular flexibility index (Phi) is 6.29. The molecule has 0 aromatic heterocycles. The van der Waals surface area contributed by atoms with Crippen LogP contribution in [0.5, 0.6) is 0 Å². The monoisotopic (exact) mass is 237 g/mol. The third-order valence-corrected chi connectivity index (χ3v) is 2.34. The first-order valence-corrected chi connectivity index (χ1v) is 5.83. The minimum atomic E-state index is 0.0494. The minimum Gasteiger partial charge on any atom is -0.394 e. The molecule has 1 rings (SSSR count). The third kappa shape index (κ3) is 4.97. The lowest BCUT2D eigenvalue weighted by Gasteiger charge is -2.07. The molecule has 94 valence electrons. The van der Waals surface area contributed by atoms with E-state index in [9.17, 15) is 4.79 Å². The number of nitrogens with one attached hydrogen (secondary N) is 1. The molecule has 0 saturated heterocycles. The van der Waals surface area contributed by atoms with Crippen molar-refractivity contribution >= 4 is 11.5 Å². The highest BCUT2D eigenvalue weighted by atomic mass is 16.5. The molecule has 0 unspecified atom stereocenters. The predicted octanol–water partition coefficient (Wildman–Crippen LogP) is 1.70. The number of Topliss-reactive ketones (excluding diaryl/α,β-unsaturated/α-hetero) is 1. The van der Waals surface area contributed by atoms with Crippen molar-refractivity contribution in [2.75, 3.05) is 31.7 Å². The fourth-order valence-electron chi connectivity index (χ4n) is 1.41. The van der Waals surface area contributed by atoms with Crippen molar-refractivity contribution in [3.8, 4) is 0 Å². The Morgan fingerprint density at radius 3 is 2.59 bits per heavy atom. The number of carbonyl (C=O) groups is 1. The maximum atomic E-state index is 11.4. The van der Waals surface area contributed by atoms with E-state index in [1.54, 1.807) is 0 Å². The normalized spacial score (nSPS) is 10.2. The highest BCUT2D eigenvalue weighted by molar-refractivity contribution is 5.96. The molecular weight excluding hydrogens is 218 g/mol. The second-order valence-corrected chi connectivity index (χ2v) is 3.62. The van der Waals surface area contributed by atoms with Gasteiger partial charge in [-0.15, -0.1) is 0 Å². The molecule has 0 saturated carbocycles. The van der Waals surface area contributed by atoms with Crippen LogP contribution in [-0.2, 0) is 4.74 Å². The van der Waals surface area contributed by atoms with Gasteiger partial charge in [-0.2, -0.15) is 0 Å². The van der Waals surface area contributed by atoms with Crippen LogP contribution >= 0.6 is 0 Å². The topological polar surface area (TPSA) is 58.6 Å². The highest BCUT2D eigenvalue weighted by Crippen LogP contribution is 2.10. The average molecular weight is 237 g/mol. The first-order chi connectivity index (χ1) is 8.27. The number of ether oxygens (including phenoxy) is 1. The molecule has 0 bridgehead atoms. The molecule has 4 nitrogen and oxygen atoms in total.